The molecular weight excluding hydrogens is 408 g/mol. The highest BCUT2D eigenvalue weighted by molar-refractivity contribution is 7.80. The van der Waals surface area contributed by atoms with Crippen LogP contribution in [0, 0.1) is 5.92 Å². The van der Waals surface area contributed by atoms with E-state index in [4.69, 9.17) is 21.7 Å². The number of hydrogen-bond donors (Lipinski definition) is 2. The Morgan fingerprint density at radius 2 is 1.71 bits per heavy atom. The van der Waals surface area contributed by atoms with Crippen LogP contribution in [0.15, 0.2) is 48.5 Å². The number of rotatable bonds is 12. The highest BCUT2D eigenvalue weighted by Gasteiger charge is 2.09. The standard InChI is InChI=1S/C25H34N2O3S/c1-4-5-6-7-8-16-29-22-14-12-20(13-15-22)24(28)27-25(31)26-21-10-9-11-23(17-21)30-18-19(2)3/h9-15,17,19H,4-8,16,18H2,1-3H3,(H2,26,27,28,31). The van der Waals surface area contributed by atoms with E-state index in [0.29, 0.717) is 24.7 Å². The Balaban J connectivity index is 1.78. The lowest BCUT2D eigenvalue weighted by Gasteiger charge is -2.12. The van der Waals surface area contributed by atoms with Gasteiger partial charge in [0.05, 0.1) is 13.2 Å². The third kappa shape index (κ3) is 9.83. The van der Waals surface area contributed by atoms with Crippen molar-refractivity contribution in [1.29, 1.82) is 0 Å². The fourth-order valence-electron chi connectivity index (χ4n) is 2.86. The lowest BCUT2D eigenvalue weighted by Crippen LogP contribution is -2.34. The van der Waals surface area contributed by atoms with E-state index in [1.54, 1.807) is 12.1 Å². The number of anilines is 1. The summed E-state index contributed by atoms with van der Waals surface area (Å²) in [5, 5.41) is 5.97. The zero-order valence-corrected chi connectivity index (χ0v) is 19.6. The van der Waals surface area contributed by atoms with E-state index < -0.39 is 0 Å². The molecule has 5 nitrogen and oxygen atoms in total. The Morgan fingerprint density at radius 3 is 2.42 bits per heavy atom. The van der Waals surface area contributed by atoms with Crippen molar-refractivity contribution >= 4 is 28.9 Å². The number of amides is 1. The zero-order chi connectivity index (χ0) is 22.5. The van der Waals surface area contributed by atoms with Crippen LogP contribution in [-0.4, -0.2) is 24.2 Å². The fraction of sp³-hybridized carbons (Fsp3) is 0.440. The summed E-state index contributed by atoms with van der Waals surface area (Å²) in [6, 6.07) is 14.6. The predicted octanol–water partition coefficient (Wildman–Crippen LogP) is 6.20. The van der Waals surface area contributed by atoms with Gasteiger partial charge in [-0.2, -0.15) is 0 Å². The molecule has 0 fully saturated rings. The average molecular weight is 443 g/mol. The second-order valence-electron chi connectivity index (χ2n) is 7.93. The van der Waals surface area contributed by atoms with Crippen LogP contribution in [0.1, 0.15) is 63.2 Å². The van der Waals surface area contributed by atoms with Crippen molar-refractivity contribution in [2.75, 3.05) is 18.5 Å². The van der Waals surface area contributed by atoms with Gasteiger partial charge in [-0.3, -0.25) is 10.1 Å². The first kappa shape index (κ1) is 24.7. The maximum absolute atomic E-state index is 12.5. The van der Waals surface area contributed by atoms with Gasteiger partial charge in [0.15, 0.2) is 5.11 Å². The number of nitrogens with one attached hydrogen (secondary N) is 2. The Labute approximate surface area is 191 Å². The summed E-state index contributed by atoms with van der Waals surface area (Å²) in [5.41, 5.74) is 1.28. The van der Waals surface area contributed by atoms with Crippen molar-refractivity contribution in [2.24, 2.45) is 5.92 Å². The molecule has 0 spiro atoms. The van der Waals surface area contributed by atoms with Gasteiger partial charge in [0, 0.05) is 17.3 Å². The van der Waals surface area contributed by atoms with Gasteiger partial charge in [0.25, 0.3) is 5.91 Å². The minimum absolute atomic E-state index is 0.235. The maximum Gasteiger partial charge on any atom is 0.257 e. The average Bonchev–Trinajstić information content (AvgIpc) is 2.75. The molecule has 168 valence electrons. The van der Waals surface area contributed by atoms with Crippen LogP contribution in [0.4, 0.5) is 5.69 Å². The lowest BCUT2D eigenvalue weighted by molar-refractivity contribution is 0.0977. The Morgan fingerprint density at radius 1 is 0.968 bits per heavy atom. The van der Waals surface area contributed by atoms with Gasteiger partial charge in [0.1, 0.15) is 11.5 Å². The predicted molar refractivity (Wildman–Crippen MR) is 131 cm³/mol. The normalized spacial score (nSPS) is 10.6. The molecule has 0 aromatic heterocycles. The number of carbonyl (C=O) groups is 1. The Bertz CT molecular complexity index is 822. The van der Waals surface area contributed by atoms with E-state index in [1.165, 1.54) is 25.7 Å². The molecule has 0 saturated carbocycles. The van der Waals surface area contributed by atoms with Crippen molar-refractivity contribution in [3.05, 3.63) is 54.1 Å². The molecule has 0 atom stereocenters. The summed E-state index contributed by atoms with van der Waals surface area (Å²) >= 11 is 5.28. The van der Waals surface area contributed by atoms with E-state index in [9.17, 15) is 4.79 Å². The van der Waals surface area contributed by atoms with E-state index in [0.717, 1.165) is 23.6 Å². The highest BCUT2D eigenvalue weighted by atomic mass is 32.1. The topological polar surface area (TPSA) is 59.6 Å². The molecule has 2 rings (SSSR count). The van der Waals surface area contributed by atoms with Crippen LogP contribution >= 0.6 is 12.2 Å². The van der Waals surface area contributed by atoms with Gasteiger partial charge in [-0.1, -0.05) is 52.5 Å². The molecule has 0 aliphatic heterocycles. The van der Waals surface area contributed by atoms with Gasteiger partial charge in [-0.15, -0.1) is 0 Å². The molecule has 31 heavy (non-hydrogen) atoms. The van der Waals surface area contributed by atoms with Crippen LogP contribution in [-0.2, 0) is 0 Å². The number of carbonyl (C=O) groups excluding carboxylic acids is 1. The molecule has 2 N–H and O–H groups in total. The first-order valence-corrected chi connectivity index (χ1v) is 11.5. The fourth-order valence-corrected chi connectivity index (χ4v) is 3.07. The number of ether oxygens (including phenoxy) is 2. The van der Waals surface area contributed by atoms with E-state index in [2.05, 4.69) is 31.4 Å². The van der Waals surface area contributed by atoms with E-state index in [1.807, 2.05) is 36.4 Å². The zero-order valence-electron chi connectivity index (χ0n) is 18.8. The Kier molecular flexibility index (Phi) is 10.9. The third-order valence-corrected chi connectivity index (χ3v) is 4.74. The molecule has 1 amide bonds. The molecule has 2 aromatic carbocycles. The summed E-state index contributed by atoms with van der Waals surface area (Å²) in [5.74, 6) is 1.70. The second-order valence-corrected chi connectivity index (χ2v) is 8.34. The Hall–Kier alpha value is -2.60. The van der Waals surface area contributed by atoms with Crippen LogP contribution in [0.5, 0.6) is 11.5 Å². The number of unbranched alkanes of at least 4 members (excludes halogenated alkanes) is 4. The molecule has 0 radical (unpaired) electrons. The van der Waals surface area contributed by atoms with Crippen LogP contribution in [0.2, 0.25) is 0 Å². The second kappa shape index (κ2) is 13.7. The van der Waals surface area contributed by atoms with Crippen molar-refractivity contribution in [3.63, 3.8) is 0 Å². The lowest BCUT2D eigenvalue weighted by atomic mass is 10.2. The van der Waals surface area contributed by atoms with Gasteiger partial charge in [-0.05, 0) is 61.0 Å². The quantitative estimate of drug-likeness (QED) is 0.303. The third-order valence-electron chi connectivity index (χ3n) is 4.54. The molecule has 0 aliphatic carbocycles. The van der Waals surface area contributed by atoms with Crippen molar-refractivity contribution in [2.45, 2.75) is 52.9 Å². The van der Waals surface area contributed by atoms with Crippen LogP contribution < -0.4 is 20.1 Å². The largest absolute Gasteiger partial charge is 0.494 e. The summed E-state index contributed by atoms with van der Waals surface area (Å²) < 4.78 is 11.5. The van der Waals surface area contributed by atoms with Crippen molar-refractivity contribution in [1.82, 2.24) is 5.32 Å². The number of hydrogen-bond acceptors (Lipinski definition) is 4. The van der Waals surface area contributed by atoms with Crippen LogP contribution in [0.3, 0.4) is 0 Å². The first-order chi connectivity index (χ1) is 15.0. The van der Waals surface area contributed by atoms with Gasteiger partial charge < -0.3 is 14.8 Å². The molecule has 2 aromatic rings. The number of thiocarbonyl (C=S) groups is 1. The summed E-state index contributed by atoms with van der Waals surface area (Å²) in [4.78, 5) is 12.5. The highest BCUT2D eigenvalue weighted by Crippen LogP contribution is 2.18. The molecule has 0 bridgehead atoms. The minimum Gasteiger partial charge on any atom is -0.494 e. The van der Waals surface area contributed by atoms with E-state index >= 15 is 0 Å². The van der Waals surface area contributed by atoms with Crippen molar-refractivity contribution < 1.29 is 14.3 Å². The molecule has 6 heteroatoms. The van der Waals surface area contributed by atoms with Crippen molar-refractivity contribution in [3.8, 4) is 11.5 Å². The summed E-state index contributed by atoms with van der Waals surface area (Å²) in [7, 11) is 0. The molecule has 0 unspecified atom stereocenters. The summed E-state index contributed by atoms with van der Waals surface area (Å²) in [6.45, 7) is 7.74. The van der Waals surface area contributed by atoms with Gasteiger partial charge in [0.2, 0.25) is 0 Å². The molecule has 0 aliphatic rings. The number of benzene rings is 2. The monoisotopic (exact) mass is 442 g/mol. The SMILES string of the molecule is CCCCCCCOc1ccc(C(=O)NC(=S)Nc2cccc(OCC(C)C)c2)cc1. The molecular formula is C25H34N2O3S. The molecule has 0 heterocycles. The molecule has 0 saturated heterocycles. The maximum atomic E-state index is 12.5. The van der Waals surface area contributed by atoms with E-state index in [-0.39, 0.29) is 11.0 Å². The van der Waals surface area contributed by atoms with Gasteiger partial charge in [-0.25, -0.2) is 0 Å². The smallest absolute Gasteiger partial charge is 0.257 e. The first-order valence-electron chi connectivity index (χ1n) is 11.1. The summed E-state index contributed by atoms with van der Waals surface area (Å²) in [6.07, 6.45) is 6.00. The van der Waals surface area contributed by atoms with Crippen LogP contribution in [0.25, 0.3) is 0 Å². The minimum atomic E-state index is -0.268. The van der Waals surface area contributed by atoms with Gasteiger partial charge >= 0.3 is 0 Å².